The summed E-state index contributed by atoms with van der Waals surface area (Å²) in [6.45, 7) is 28.8. The topological polar surface area (TPSA) is 50.1 Å². The molecule has 0 saturated heterocycles. The van der Waals surface area contributed by atoms with Crippen LogP contribution in [0.25, 0.3) is 0 Å². The molecule has 276 valence electrons. The van der Waals surface area contributed by atoms with Crippen molar-refractivity contribution in [3.8, 4) is 0 Å². The third-order valence-electron chi connectivity index (χ3n) is 8.64. The van der Waals surface area contributed by atoms with Crippen molar-refractivity contribution in [1.29, 1.82) is 0 Å². The standard InChI is InChI=1S/C19H25F3N2.C9H20.C7H14.C5H13N.CH4/c1-7-9-16-14(6)17(18(16)23-11-19(20,21)22)24-15(8-2)10-13(5)12(3)4;1-4-6-7-8-9(3)5-2;1-7-5-3-2-4-6-7;1-3-5(2)4-6;/h8-10,23-24H,3,6-7,11H2,1-2,4-5H3;9H,4-8H2,1-3H3;7H,2-6H2,1H3;5H,3-4,6H2,1-2H3;1H4/b13-10-,15-8+,16-9-;;;;. The van der Waals surface area contributed by atoms with Crippen LogP contribution < -0.4 is 16.4 Å². The number of alkyl halides is 3. The van der Waals surface area contributed by atoms with Crippen LogP contribution in [0.3, 0.4) is 0 Å². The minimum atomic E-state index is -4.27. The zero-order valence-corrected chi connectivity index (χ0v) is 31.5. The van der Waals surface area contributed by atoms with Gasteiger partial charge in [0.2, 0.25) is 0 Å². The minimum Gasteiger partial charge on any atom is -0.374 e. The van der Waals surface area contributed by atoms with Crippen molar-refractivity contribution in [2.24, 2.45) is 23.5 Å². The molecule has 0 amide bonds. The van der Waals surface area contributed by atoms with E-state index in [-0.39, 0.29) is 7.43 Å². The van der Waals surface area contributed by atoms with Crippen LogP contribution in [0.1, 0.15) is 154 Å². The number of unbranched alkanes of at least 4 members (excludes halogenated alkanes) is 2. The van der Waals surface area contributed by atoms with Gasteiger partial charge in [0, 0.05) is 16.8 Å². The number of allylic oxidation sites excluding steroid dienone is 7. The Morgan fingerprint density at radius 3 is 1.91 bits per heavy atom. The fraction of sp³-hybridized carbons (Fsp3) is 0.707. The smallest absolute Gasteiger partial charge is 0.374 e. The van der Waals surface area contributed by atoms with E-state index in [0.29, 0.717) is 22.9 Å². The maximum atomic E-state index is 12.5. The normalized spacial score (nSPS) is 17.4. The van der Waals surface area contributed by atoms with Crippen molar-refractivity contribution in [3.05, 3.63) is 70.8 Å². The average molecular weight is 668 g/mol. The van der Waals surface area contributed by atoms with Gasteiger partial charge in [0.1, 0.15) is 6.54 Å². The highest BCUT2D eigenvalue weighted by atomic mass is 19.4. The highest BCUT2D eigenvalue weighted by molar-refractivity contribution is 5.68. The molecular weight excluding hydrogens is 591 g/mol. The summed E-state index contributed by atoms with van der Waals surface area (Å²) in [7, 11) is 0. The van der Waals surface area contributed by atoms with E-state index >= 15 is 0 Å². The monoisotopic (exact) mass is 668 g/mol. The molecule has 0 spiro atoms. The number of rotatable bonds is 14. The molecule has 0 aromatic rings. The van der Waals surface area contributed by atoms with Gasteiger partial charge in [-0.1, -0.05) is 157 Å². The molecule has 0 aromatic carbocycles. The summed E-state index contributed by atoms with van der Waals surface area (Å²) in [6, 6.07) is 0. The van der Waals surface area contributed by atoms with E-state index in [1.165, 1.54) is 70.6 Å². The third-order valence-corrected chi connectivity index (χ3v) is 8.64. The Hall–Kier alpha value is -2.21. The predicted molar refractivity (Wildman–Crippen MR) is 205 cm³/mol. The summed E-state index contributed by atoms with van der Waals surface area (Å²) in [5, 5.41) is 5.64. The molecule has 2 aliphatic rings. The van der Waals surface area contributed by atoms with Crippen molar-refractivity contribution in [2.45, 2.75) is 160 Å². The Bertz CT molecular complexity index is 959. The van der Waals surface area contributed by atoms with Crippen LogP contribution in [0.4, 0.5) is 13.2 Å². The fourth-order valence-corrected chi connectivity index (χ4v) is 4.56. The highest BCUT2D eigenvalue weighted by Crippen LogP contribution is 2.37. The maximum Gasteiger partial charge on any atom is 0.405 e. The van der Waals surface area contributed by atoms with Crippen molar-refractivity contribution >= 4 is 0 Å². The lowest BCUT2D eigenvalue weighted by molar-refractivity contribution is -0.123. The van der Waals surface area contributed by atoms with Gasteiger partial charge in [-0.25, -0.2) is 0 Å². The third kappa shape index (κ3) is 24.6. The van der Waals surface area contributed by atoms with E-state index < -0.39 is 12.7 Å². The molecule has 0 radical (unpaired) electrons. The summed E-state index contributed by atoms with van der Waals surface area (Å²) in [5.41, 5.74) is 10.5. The lowest BCUT2D eigenvalue weighted by Crippen LogP contribution is -2.37. The van der Waals surface area contributed by atoms with Crippen LogP contribution in [0.2, 0.25) is 0 Å². The number of halogens is 3. The number of hydrogen-bond acceptors (Lipinski definition) is 3. The molecule has 1 fully saturated rings. The van der Waals surface area contributed by atoms with Gasteiger partial charge in [-0.3, -0.25) is 0 Å². The van der Waals surface area contributed by atoms with E-state index in [1.807, 2.05) is 45.9 Å². The molecule has 4 N–H and O–H groups in total. The van der Waals surface area contributed by atoms with Crippen LogP contribution in [0, 0.1) is 17.8 Å². The summed E-state index contributed by atoms with van der Waals surface area (Å²) in [4.78, 5) is 0. The first kappa shape index (κ1) is 49.2. The molecule has 0 bridgehead atoms. The van der Waals surface area contributed by atoms with Gasteiger partial charge in [0.05, 0.1) is 11.4 Å². The van der Waals surface area contributed by atoms with Crippen LogP contribution >= 0.6 is 0 Å². The average Bonchev–Trinajstić information content (AvgIpc) is 3.03. The first-order valence-electron chi connectivity index (χ1n) is 18.0. The van der Waals surface area contributed by atoms with Gasteiger partial charge in [-0.15, -0.1) is 0 Å². The summed E-state index contributed by atoms with van der Waals surface area (Å²) >= 11 is 0. The van der Waals surface area contributed by atoms with Gasteiger partial charge >= 0.3 is 6.18 Å². The van der Waals surface area contributed by atoms with E-state index in [2.05, 4.69) is 65.3 Å². The second kappa shape index (κ2) is 28.8. The van der Waals surface area contributed by atoms with Crippen LogP contribution in [-0.4, -0.2) is 19.3 Å². The molecule has 1 saturated carbocycles. The molecule has 2 atom stereocenters. The fourth-order valence-electron chi connectivity index (χ4n) is 4.56. The van der Waals surface area contributed by atoms with E-state index in [9.17, 15) is 13.2 Å². The Balaban J connectivity index is -0.000000682. The molecular formula is C41H76F3N3. The van der Waals surface area contributed by atoms with E-state index in [4.69, 9.17) is 5.73 Å². The zero-order chi connectivity index (χ0) is 35.7. The van der Waals surface area contributed by atoms with Crippen molar-refractivity contribution in [3.63, 3.8) is 0 Å². The van der Waals surface area contributed by atoms with Crippen LogP contribution in [-0.2, 0) is 0 Å². The van der Waals surface area contributed by atoms with E-state index in [0.717, 1.165) is 47.2 Å². The predicted octanol–water partition coefficient (Wildman–Crippen LogP) is 13.1. The molecule has 0 aliphatic heterocycles. The number of nitrogens with one attached hydrogen (secondary N) is 2. The van der Waals surface area contributed by atoms with Crippen molar-refractivity contribution in [2.75, 3.05) is 13.1 Å². The SMILES string of the molecule is C.C=C(C)/C(C)=C\C(=C/C)NC1=C(NCC(F)(F)F)/C(=C\CC)C1=C.CC1CCCCC1.CCC(C)CN.CCCCCC(C)CC. The first-order chi connectivity index (χ1) is 21.6. The second-order valence-corrected chi connectivity index (χ2v) is 13.2. The van der Waals surface area contributed by atoms with Gasteiger partial charge < -0.3 is 16.4 Å². The van der Waals surface area contributed by atoms with Crippen molar-refractivity contribution < 1.29 is 13.2 Å². The minimum absolute atomic E-state index is 0. The largest absolute Gasteiger partial charge is 0.405 e. The molecule has 6 heteroatoms. The molecule has 0 aromatic heterocycles. The molecule has 2 unspecified atom stereocenters. The Labute approximate surface area is 290 Å². The highest BCUT2D eigenvalue weighted by Gasteiger charge is 2.33. The van der Waals surface area contributed by atoms with Gasteiger partial charge in [-0.05, 0) is 63.1 Å². The Morgan fingerprint density at radius 2 is 1.55 bits per heavy atom. The van der Waals surface area contributed by atoms with Crippen molar-refractivity contribution in [1.82, 2.24) is 10.6 Å². The molecule has 2 rings (SSSR count). The molecule has 3 nitrogen and oxygen atoms in total. The lowest BCUT2D eigenvalue weighted by atomic mass is 9.86. The number of nitrogens with two attached hydrogens (primary N) is 1. The quantitative estimate of drug-likeness (QED) is 0.128. The van der Waals surface area contributed by atoms with Gasteiger partial charge in [-0.2, -0.15) is 13.2 Å². The zero-order valence-electron chi connectivity index (χ0n) is 31.5. The lowest BCUT2D eigenvalue weighted by Gasteiger charge is -2.32. The van der Waals surface area contributed by atoms with Crippen LogP contribution in [0.5, 0.6) is 0 Å². The second-order valence-electron chi connectivity index (χ2n) is 13.2. The molecule has 47 heavy (non-hydrogen) atoms. The maximum absolute atomic E-state index is 12.5. The van der Waals surface area contributed by atoms with Gasteiger partial charge in [0.25, 0.3) is 0 Å². The summed E-state index contributed by atoms with van der Waals surface area (Å²) < 4.78 is 37.6. The van der Waals surface area contributed by atoms with Gasteiger partial charge in [0.15, 0.2) is 0 Å². The van der Waals surface area contributed by atoms with E-state index in [1.54, 1.807) is 0 Å². The first-order valence-corrected chi connectivity index (χ1v) is 18.0. The molecule has 0 heterocycles. The number of hydrogen-bond donors (Lipinski definition) is 3. The summed E-state index contributed by atoms with van der Waals surface area (Å²) in [6.07, 6.45) is 17.7. The summed E-state index contributed by atoms with van der Waals surface area (Å²) in [5.74, 6) is 2.70. The Kier molecular flexibility index (Phi) is 30.1. The van der Waals surface area contributed by atoms with Crippen LogP contribution in [0.15, 0.2) is 70.8 Å². The Morgan fingerprint density at radius 1 is 0.979 bits per heavy atom. The molecule has 2 aliphatic carbocycles.